The Morgan fingerprint density at radius 1 is 0.909 bits per heavy atom. The number of aliphatic hydroxyl groups is 1. The minimum absolute atomic E-state index is 0.0166. The van der Waals surface area contributed by atoms with Crippen LogP contribution in [-0.4, -0.2) is 29.6 Å². The predicted molar refractivity (Wildman–Crippen MR) is 123 cm³/mol. The first kappa shape index (κ1) is 22.8. The summed E-state index contributed by atoms with van der Waals surface area (Å²) in [5, 5.41) is 14.9. The van der Waals surface area contributed by atoms with Gasteiger partial charge < -0.3 is 5.11 Å². The van der Waals surface area contributed by atoms with Crippen LogP contribution in [0.15, 0.2) is 77.7 Å². The molecule has 4 aromatic rings. The zero-order chi connectivity index (χ0) is 24.0. The molecule has 0 saturated carbocycles. The Morgan fingerprint density at radius 2 is 1.58 bits per heavy atom. The van der Waals surface area contributed by atoms with Crippen LogP contribution in [0.3, 0.4) is 0 Å². The van der Waals surface area contributed by atoms with Gasteiger partial charge in [0, 0.05) is 11.8 Å². The van der Waals surface area contributed by atoms with Gasteiger partial charge in [-0.15, -0.1) is 0 Å². The van der Waals surface area contributed by atoms with E-state index in [0.717, 1.165) is 23.4 Å². The summed E-state index contributed by atoms with van der Waals surface area (Å²) in [4.78, 5) is 0.217. The van der Waals surface area contributed by atoms with Crippen LogP contribution >= 0.6 is 0 Å². The number of benzene rings is 3. The van der Waals surface area contributed by atoms with Crippen molar-refractivity contribution in [2.24, 2.45) is 0 Å². The van der Waals surface area contributed by atoms with Crippen LogP contribution in [0.25, 0.3) is 28.1 Å². The van der Waals surface area contributed by atoms with Crippen molar-refractivity contribution in [2.75, 3.05) is 6.26 Å². The number of nitrogens with zero attached hydrogens (tertiary/aromatic N) is 2. The van der Waals surface area contributed by atoms with Crippen molar-refractivity contribution in [3.8, 4) is 28.1 Å². The summed E-state index contributed by atoms with van der Waals surface area (Å²) >= 11 is 0. The maximum atomic E-state index is 14.6. The second-order valence-electron chi connectivity index (χ2n) is 8.33. The molecule has 8 heteroatoms. The summed E-state index contributed by atoms with van der Waals surface area (Å²) in [5.74, 6) is -1.98. The van der Waals surface area contributed by atoms with Crippen LogP contribution in [0.1, 0.15) is 19.5 Å². The third-order valence-electron chi connectivity index (χ3n) is 5.27. The zero-order valence-corrected chi connectivity index (χ0v) is 19.1. The molecule has 170 valence electrons. The molecule has 1 heterocycles. The van der Waals surface area contributed by atoms with E-state index in [9.17, 15) is 22.3 Å². The summed E-state index contributed by atoms with van der Waals surface area (Å²) in [7, 11) is -3.34. The fourth-order valence-electron chi connectivity index (χ4n) is 3.47. The van der Waals surface area contributed by atoms with Crippen LogP contribution in [0.4, 0.5) is 8.78 Å². The van der Waals surface area contributed by atoms with E-state index in [1.165, 1.54) is 28.9 Å². The highest BCUT2D eigenvalue weighted by atomic mass is 32.2. The highest BCUT2D eigenvalue weighted by Gasteiger charge is 2.25. The molecule has 0 aliphatic carbocycles. The molecular formula is C25H22F2N2O3S. The average Bonchev–Trinajstić information content (AvgIpc) is 3.21. The van der Waals surface area contributed by atoms with Gasteiger partial charge >= 0.3 is 0 Å². The first-order valence-electron chi connectivity index (χ1n) is 10.1. The molecule has 1 aromatic heterocycles. The standard InChI is InChI=1S/C25H22F2N2O3S/c1-25(2,30)23-15-22(20-8-5-9-21(26)24(20)27)29(28-23)18-12-10-16(11-13-18)17-6-4-7-19(14-17)33(3,31)32/h4-15,30H,1-3H3. The topological polar surface area (TPSA) is 72.2 Å². The van der Waals surface area contributed by atoms with Crippen molar-refractivity contribution in [1.29, 1.82) is 0 Å². The molecule has 1 N–H and O–H groups in total. The minimum Gasteiger partial charge on any atom is -0.384 e. The lowest BCUT2D eigenvalue weighted by Gasteiger charge is -2.13. The fourth-order valence-corrected chi connectivity index (χ4v) is 4.14. The third-order valence-corrected chi connectivity index (χ3v) is 6.38. The lowest BCUT2D eigenvalue weighted by Crippen LogP contribution is -2.16. The van der Waals surface area contributed by atoms with Gasteiger partial charge in [-0.05, 0) is 67.4 Å². The van der Waals surface area contributed by atoms with E-state index in [-0.39, 0.29) is 16.2 Å². The van der Waals surface area contributed by atoms with Gasteiger partial charge in [0.05, 0.1) is 22.0 Å². The third kappa shape index (κ3) is 4.58. The van der Waals surface area contributed by atoms with Crippen molar-refractivity contribution in [3.05, 3.63) is 90.1 Å². The van der Waals surface area contributed by atoms with Crippen LogP contribution in [0.5, 0.6) is 0 Å². The lowest BCUT2D eigenvalue weighted by atomic mass is 10.0. The molecule has 0 bridgehead atoms. The number of sulfone groups is 1. The molecule has 0 atom stereocenters. The maximum absolute atomic E-state index is 14.6. The van der Waals surface area contributed by atoms with Gasteiger partial charge in [0.15, 0.2) is 21.5 Å². The highest BCUT2D eigenvalue weighted by Crippen LogP contribution is 2.32. The SMILES string of the molecule is CC(C)(O)c1cc(-c2cccc(F)c2F)n(-c2ccc(-c3cccc(S(C)(=O)=O)c3)cc2)n1. The smallest absolute Gasteiger partial charge is 0.175 e. The number of hydrogen-bond acceptors (Lipinski definition) is 4. The highest BCUT2D eigenvalue weighted by molar-refractivity contribution is 7.90. The molecule has 0 radical (unpaired) electrons. The van der Waals surface area contributed by atoms with Crippen LogP contribution in [0, 0.1) is 11.6 Å². The van der Waals surface area contributed by atoms with Gasteiger partial charge in [-0.3, -0.25) is 0 Å². The van der Waals surface area contributed by atoms with E-state index >= 15 is 0 Å². The van der Waals surface area contributed by atoms with E-state index in [1.807, 2.05) is 0 Å². The van der Waals surface area contributed by atoms with Gasteiger partial charge in [-0.2, -0.15) is 5.10 Å². The Labute approximate surface area is 190 Å². The Hall–Kier alpha value is -3.36. The summed E-state index contributed by atoms with van der Waals surface area (Å²) < 4.78 is 53.7. The van der Waals surface area contributed by atoms with Crippen molar-refractivity contribution < 1.29 is 22.3 Å². The maximum Gasteiger partial charge on any atom is 0.175 e. The van der Waals surface area contributed by atoms with Crippen LogP contribution < -0.4 is 0 Å². The van der Waals surface area contributed by atoms with Gasteiger partial charge in [0.1, 0.15) is 5.60 Å². The van der Waals surface area contributed by atoms with E-state index < -0.39 is 27.1 Å². The summed E-state index contributed by atoms with van der Waals surface area (Å²) in [5.41, 5.74) is 1.36. The fraction of sp³-hybridized carbons (Fsp3) is 0.160. The molecule has 5 nitrogen and oxygen atoms in total. The van der Waals surface area contributed by atoms with Gasteiger partial charge in [0.2, 0.25) is 0 Å². The van der Waals surface area contributed by atoms with E-state index in [0.29, 0.717) is 11.4 Å². The van der Waals surface area contributed by atoms with Crippen molar-refractivity contribution in [3.63, 3.8) is 0 Å². The number of aromatic nitrogens is 2. The molecule has 0 aliphatic rings. The summed E-state index contributed by atoms with van der Waals surface area (Å²) in [6.07, 6.45) is 1.15. The second kappa shape index (κ2) is 8.20. The second-order valence-corrected chi connectivity index (χ2v) is 10.3. The Kier molecular flexibility index (Phi) is 5.67. The van der Waals surface area contributed by atoms with Gasteiger partial charge in [-0.25, -0.2) is 21.9 Å². The van der Waals surface area contributed by atoms with Crippen molar-refractivity contribution in [2.45, 2.75) is 24.3 Å². The summed E-state index contributed by atoms with van der Waals surface area (Å²) in [6, 6.07) is 19.1. The van der Waals surface area contributed by atoms with Crippen molar-refractivity contribution in [1.82, 2.24) is 9.78 Å². The van der Waals surface area contributed by atoms with Crippen molar-refractivity contribution >= 4 is 9.84 Å². The first-order chi connectivity index (χ1) is 15.4. The summed E-state index contributed by atoms with van der Waals surface area (Å²) in [6.45, 7) is 3.12. The lowest BCUT2D eigenvalue weighted by molar-refractivity contribution is 0.0734. The average molecular weight is 469 g/mol. The molecule has 4 rings (SSSR count). The first-order valence-corrected chi connectivity index (χ1v) is 12.0. The molecular weight excluding hydrogens is 446 g/mol. The molecule has 33 heavy (non-hydrogen) atoms. The number of halogens is 2. The van der Waals surface area contributed by atoms with E-state index in [4.69, 9.17) is 0 Å². The van der Waals surface area contributed by atoms with E-state index in [2.05, 4.69) is 5.10 Å². The zero-order valence-electron chi connectivity index (χ0n) is 18.3. The Balaban J connectivity index is 1.81. The quantitative estimate of drug-likeness (QED) is 0.442. The minimum atomic E-state index is -3.34. The number of rotatable bonds is 5. The van der Waals surface area contributed by atoms with Gasteiger partial charge in [0.25, 0.3) is 0 Å². The number of hydrogen-bond donors (Lipinski definition) is 1. The van der Waals surface area contributed by atoms with Crippen LogP contribution in [-0.2, 0) is 15.4 Å². The predicted octanol–water partition coefficient (Wildman–Crippen LogP) is 5.12. The largest absolute Gasteiger partial charge is 0.384 e. The monoisotopic (exact) mass is 468 g/mol. The molecule has 0 spiro atoms. The van der Waals surface area contributed by atoms with E-state index in [1.54, 1.807) is 56.3 Å². The van der Waals surface area contributed by atoms with Gasteiger partial charge in [-0.1, -0.05) is 30.3 Å². The molecule has 0 amide bonds. The molecule has 0 fully saturated rings. The Bertz CT molecular complexity index is 1440. The molecule has 0 saturated heterocycles. The molecule has 0 unspecified atom stereocenters. The Morgan fingerprint density at radius 3 is 2.21 bits per heavy atom. The molecule has 3 aromatic carbocycles. The van der Waals surface area contributed by atoms with Crippen LogP contribution in [0.2, 0.25) is 0 Å². The molecule has 0 aliphatic heterocycles. The normalized spacial score (nSPS) is 12.2.